The van der Waals surface area contributed by atoms with E-state index in [4.69, 9.17) is 4.74 Å². The summed E-state index contributed by atoms with van der Waals surface area (Å²) < 4.78 is 19.3. The number of piperazine rings is 1. The van der Waals surface area contributed by atoms with Crippen molar-refractivity contribution in [1.29, 1.82) is 0 Å². The lowest BCUT2D eigenvalue weighted by Gasteiger charge is -2.36. The van der Waals surface area contributed by atoms with Gasteiger partial charge in [0.15, 0.2) is 0 Å². The summed E-state index contributed by atoms with van der Waals surface area (Å²) in [4.78, 5) is 9.29. The van der Waals surface area contributed by atoms with Gasteiger partial charge in [-0.15, -0.1) is 0 Å². The van der Waals surface area contributed by atoms with E-state index in [1.54, 1.807) is 12.1 Å². The van der Waals surface area contributed by atoms with Gasteiger partial charge in [0.25, 0.3) is 0 Å². The van der Waals surface area contributed by atoms with Crippen molar-refractivity contribution in [3.63, 3.8) is 0 Å². The molecule has 1 aliphatic rings. The van der Waals surface area contributed by atoms with Gasteiger partial charge in [0, 0.05) is 49.5 Å². The zero-order chi connectivity index (χ0) is 17.1. The first-order chi connectivity index (χ1) is 11.5. The normalized spacial score (nSPS) is 16.3. The van der Waals surface area contributed by atoms with Crippen LogP contribution in [0.5, 0.6) is 0 Å². The number of aromatic nitrogens is 1. The lowest BCUT2D eigenvalue weighted by molar-refractivity contribution is 0.0579. The fourth-order valence-electron chi connectivity index (χ4n) is 3.20. The van der Waals surface area contributed by atoms with E-state index in [0.717, 1.165) is 61.6 Å². The van der Waals surface area contributed by atoms with Gasteiger partial charge in [-0.3, -0.25) is 9.88 Å². The molecule has 1 fully saturated rings. The van der Waals surface area contributed by atoms with Gasteiger partial charge in [-0.2, -0.15) is 0 Å². The zero-order valence-corrected chi connectivity index (χ0v) is 14.8. The molecule has 0 radical (unpaired) electrons. The third-order valence-corrected chi connectivity index (χ3v) is 4.45. The molecule has 1 saturated heterocycles. The lowest BCUT2D eigenvalue weighted by Crippen LogP contribution is -2.47. The number of nitrogens with zero attached hydrogens (tertiary/aromatic N) is 3. The quantitative estimate of drug-likeness (QED) is 0.841. The Kier molecular flexibility index (Phi) is 5.31. The van der Waals surface area contributed by atoms with Crippen LogP contribution in [-0.2, 0) is 4.74 Å². The molecule has 0 spiro atoms. The second-order valence-electron chi connectivity index (χ2n) is 6.69. The number of hydrogen-bond donors (Lipinski definition) is 0. The summed E-state index contributed by atoms with van der Waals surface area (Å²) in [5, 5.41) is 0.900. The van der Waals surface area contributed by atoms with Crippen LogP contribution in [0.25, 0.3) is 10.9 Å². The predicted molar refractivity (Wildman–Crippen MR) is 96.2 cm³/mol. The highest BCUT2D eigenvalue weighted by atomic mass is 19.1. The predicted octanol–water partition coefficient (Wildman–Crippen LogP) is 3.23. The smallest absolute Gasteiger partial charge is 0.124 e. The van der Waals surface area contributed by atoms with Crippen LogP contribution in [0.15, 0.2) is 24.3 Å². The number of fused-ring (bicyclic) bond motifs is 1. The van der Waals surface area contributed by atoms with Crippen molar-refractivity contribution in [2.45, 2.75) is 26.9 Å². The topological polar surface area (TPSA) is 28.6 Å². The summed E-state index contributed by atoms with van der Waals surface area (Å²) in [6.07, 6.45) is 0.285. The zero-order valence-electron chi connectivity index (χ0n) is 14.8. The molecule has 130 valence electrons. The first-order valence-corrected chi connectivity index (χ1v) is 8.69. The molecule has 0 bridgehead atoms. The first-order valence-electron chi connectivity index (χ1n) is 8.69. The summed E-state index contributed by atoms with van der Waals surface area (Å²) in [7, 11) is 0. The average molecular weight is 331 g/mol. The molecule has 5 heteroatoms. The standard InChI is InChI=1S/C19H26FN3O/c1-14(2)24-11-10-22-6-8-23(9-7-22)19-12-15(3)21-18-5-4-16(20)13-17(18)19/h4-5,12-14H,6-11H2,1-3H3. The van der Waals surface area contributed by atoms with E-state index in [1.165, 1.54) is 6.07 Å². The van der Waals surface area contributed by atoms with Gasteiger partial charge in [-0.1, -0.05) is 0 Å². The molecule has 1 aromatic carbocycles. The number of pyridine rings is 1. The van der Waals surface area contributed by atoms with Crippen LogP contribution < -0.4 is 4.90 Å². The molecule has 1 aliphatic heterocycles. The lowest BCUT2D eigenvalue weighted by atomic mass is 10.1. The summed E-state index contributed by atoms with van der Waals surface area (Å²) in [6, 6.07) is 6.91. The van der Waals surface area contributed by atoms with Gasteiger partial charge in [0.1, 0.15) is 5.82 Å². The van der Waals surface area contributed by atoms with Crippen molar-refractivity contribution in [2.24, 2.45) is 0 Å². The average Bonchev–Trinajstić information content (AvgIpc) is 2.55. The number of anilines is 1. The van der Waals surface area contributed by atoms with Gasteiger partial charge in [-0.05, 0) is 45.0 Å². The Balaban J connectivity index is 1.70. The van der Waals surface area contributed by atoms with Crippen molar-refractivity contribution in [3.8, 4) is 0 Å². The van der Waals surface area contributed by atoms with E-state index in [9.17, 15) is 4.39 Å². The number of hydrogen-bond acceptors (Lipinski definition) is 4. The van der Waals surface area contributed by atoms with E-state index in [2.05, 4.69) is 34.7 Å². The highest BCUT2D eigenvalue weighted by Gasteiger charge is 2.19. The molecule has 0 aliphatic carbocycles. The third kappa shape index (κ3) is 4.02. The molecule has 24 heavy (non-hydrogen) atoms. The van der Waals surface area contributed by atoms with Crippen LogP contribution in [0, 0.1) is 12.7 Å². The Morgan fingerprint density at radius 1 is 1.17 bits per heavy atom. The fourth-order valence-corrected chi connectivity index (χ4v) is 3.20. The molecule has 0 atom stereocenters. The maximum atomic E-state index is 13.7. The van der Waals surface area contributed by atoms with Gasteiger partial charge in [0.05, 0.1) is 18.2 Å². The first kappa shape index (κ1) is 17.1. The summed E-state index contributed by atoms with van der Waals surface area (Å²) in [5.74, 6) is -0.209. The summed E-state index contributed by atoms with van der Waals surface area (Å²) in [5.41, 5.74) is 2.92. The Bertz CT molecular complexity index is 696. The maximum Gasteiger partial charge on any atom is 0.124 e. The molecule has 4 nitrogen and oxygen atoms in total. The molecule has 3 rings (SSSR count). The molecule has 0 N–H and O–H groups in total. The highest BCUT2D eigenvalue weighted by Crippen LogP contribution is 2.28. The van der Waals surface area contributed by atoms with E-state index in [0.29, 0.717) is 0 Å². The van der Waals surface area contributed by atoms with Gasteiger partial charge in [-0.25, -0.2) is 4.39 Å². The van der Waals surface area contributed by atoms with Gasteiger partial charge >= 0.3 is 0 Å². The second kappa shape index (κ2) is 7.45. The molecular formula is C19H26FN3O. The van der Waals surface area contributed by atoms with Crippen molar-refractivity contribution in [3.05, 3.63) is 35.8 Å². The minimum Gasteiger partial charge on any atom is -0.377 e. The number of halogens is 1. The van der Waals surface area contributed by atoms with Crippen LogP contribution in [0.1, 0.15) is 19.5 Å². The van der Waals surface area contributed by atoms with Gasteiger partial charge in [0.2, 0.25) is 0 Å². The third-order valence-electron chi connectivity index (χ3n) is 4.45. The number of benzene rings is 1. The van der Waals surface area contributed by atoms with Gasteiger partial charge < -0.3 is 9.64 Å². The van der Waals surface area contributed by atoms with Crippen LogP contribution >= 0.6 is 0 Å². The van der Waals surface area contributed by atoms with Crippen molar-refractivity contribution in [1.82, 2.24) is 9.88 Å². The van der Waals surface area contributed by atoms with E-state index in [1.807, 2.05) is 6.92 Å². The van der Waals surface area contributed by atoms with E-state index < -0.39 is 0 Å². The molecule has 2 aromatic rings. The molecule has 0 saturated carbocycles. The van der Waals surface area contributed by atoms with Crippen LogP contribution in [0.3, 0.4) is 0 Å². The number of aryl methyl sites for hydroxylation is 1. The van der Waals surface area contributed by atoms with Crippen LogP contribution in [0.4, 0.5) is 10.1 Å². The molecule has 0 unspecified atom stereocenters. The molecule has 0 amide bonds. The summed E-state index contributed by atoms with van der Waals surface area (Å²) >= 11 is 0. The van der Waals surface area contributed by atoms with Crippen LogP contribution in [0.2, 0.25) is 0 Å². The van der Waals surface area contributed by atoms with Crippen molar-refractivity contribution >= 4 is 16.6 Å². The van der Waals surface area contributed by atoms with Crippen molar-refractivity contribution in [2.75, 3.05) is 44.2 Å². The molecule has 1 aromatic heterocycles. The minimum atomic E-state index is -0.209. The monoisotopic (exact) mass is 331 g/mol. The number of rotatable bonds is 5. The fraction of sp³-hybridized carbons (Fsp3) is 0.526. The van der Waals surface area contributed by atoms with E-state index >= 15 is 0 Å². The highest BCUT2D eigenvalue weighted by molar-refractivity contribution is 5.92. The largest absolute Gasteiger partial charge is 0.377 e. The molecule has 2 heterocycles. The Morgan fingerprint density at radius 3 is 2.62 bits per heavy atom. The Hall–Kier alpha value is -1.72. The minimum absolute atomic E-state index is 0.209. The summed E-state index contributed by atoms with van der Waals surface area (Å²) in [6.45, 7) is 11.7. The maximum absolute atomic E-state index is 13.7. The number of ether oxygens (including phenoxy) is 1. The second-order valence-corrected chi connectivity index (χ2v) is 6.69. The van der Waals surface area contributed by atoms with E-state index in [-0.39, 0.29) is 11.9 Å². The van der Waals surface area contributed by atoms with Crippen molar-refractivity contribution < 1.29 is 9.13 Å². The Labute approximate surface area is 143 Å². The Morgan fingerprint density at radius 2 is 1.92 bits per heavy atom. The molecular weight excluding hydrogens is 305 g/mol. The SMILES string of the molecule is Cc1cc(N2CCN(CCOC(C)C)CC2)c2cc(F)ccc2n1. The van der Waals surface area contributed by atoms with Crippen LogP contribution in [-0.4, -0.2) is 55.3 Å².